The number of methoxy groups -OCH3 is 1. The number of hydrogen-bond donors (Lipinski definition) is 0. The van der Waals surface area contributed by atoms with Crippen molar-refractivity contribution in [3.63, 3.8) is 0 Å². The van der Waals surface area contributed by atoms with E-state index in [-0.39, 0.29) is 0 Å². The number of nitrogens with zero attached hydrogens (tertiary/aromatic N) is 2. The maximum atomic E-state index is 9.90. The van der Waals surface area contributed by atoms with Crippen LogP contribution in [0.2, 0.25) is 0 Å². The van der Waals surface area contributed by atoms with Crippen molar-refractivity contribution in [2.24, 2.45) is 9.98 Å². The predicted octanol–water partition coefficient (Wildman–Crippen LogP) is 2.78. The third-order valence-electron chi connectivity index (χ3n) is 1.94. The Labute approximate surface area is 106 Å². The Hall–Kier alpha value is -2.22. The topological polar surface area (TPSA) is 68.1 Å². The first kappa shape index (κ1) is 15.8. The van der Waals surface area contributed by atoms with Crippen molar-refractivity contribution in [1.82, 2.24) is 0 Å². The SMILES string of the molecule is CCCCN=C=O.COc1ccccc1N=C=O. The molecule has 0 N–H and O–H groups in total. The Morgan fingerprint density at radius 2 is 1.94 bits per heavy atom. The minimum absolute atomic E-state index is 0.505. The highest BCUT2D eigenvalue weighted by atomic mass is 16.5. The molecular weight excluding hydrogens is 232 g/mol. The monoisotopic (exact) mass is 248 g/mol. The smallest absolute Gasteiger partial charge is 0.240 e. The maximum absolute atomic E-state index is 9.90. The van der Waals surface area contributed by atoms with Gasteiger partial charge in [0, 0.05) is 0 Å². The first-order chi connectivity index (χ1) is 8.79. The van der Waals surface area contributed by atoms with Gasteiger partial charge in [0.05, 0.1) is 13.7 Å². The Bertz CT molecular complexity index is 434. The zero-order valence-electron chi connectivity index (χ0n) is 10.5. The lowest BCUT2D eigenvalue weighted by atomic mass is 10.3. The zero-order valence-corrected chi connectivity index (χ0v) is 10.5. The molecular formula is C13H16N2O3. The summed E-state index contributed by atoms with van der Waals surface area (Å²) in [5.74, 6) is 0.579. The van der Waals surface area contributed by atoms with Crippen LogP contribution in [0.15, 0.2) is 34.3 Å². The van der Waals surface area contributed by atoms with E-state index in [0.717, 1.165) is 12.8 Å². The molecule has 1 aromatic rings. The molecule has 0 atom stereocenters. The van der Waals surface area contributed by atoms with Gasteiger partial charge in [0.2, 0.25) is 12.2 Å². The van der Waals surface area contributed by atoms with Crippen LogP contribution >= 0.6 is 0 Å². The summed E-state index contributed by atoms with van der Waals surface area (Å²) < 4.78 is 4.93. The minimum atomic E-state index is 0.505. The van der Waals surface area contributed by atoms with Crippen molar-refractivity contribution >= 4 is 17.8 Å². The fourth-order valence-electron chi connectivity index (χ4n) is 1.05. The molecule has 0 heterocycles. The molecule has 0 saturated heterocycles. The quantitative estimate of drug-likeness (QED) is 0.457. The van der Waals surface area contributed by atoms with Gasteiger partial charge in [0.25, 0.3) is 0 Å². The second kappa shape index (κ2) is 11.3. The number of benzene rings is 1. The molecule has 0 fully saturated rings. The van der Waals surface area contributed by atoms with E-state index >= 15 is 0 Å². The van der Waals surface area contributed by atoms with E-state index in [9.17, 15) is 9.59 Å². The van der Waals surface area contributed by atoms with Crippen LogP contribution in [0.1, 0.15) is 19.8 Å². The molecule has 0 aliphatic rings. The highest BCUT2D eigenvalue weighted by molar-refractivity contribution is 5.57. The Balaban J connectivity index is 0.000000360. The van der Waals surface area contributed by atoms with Gasteiger partial charge in [0.15, 0.2) is 0 Å². The summed E-state index contributed by atoms with van der Waals surface area (Å²) in [5, 5.41) is 0. The predicted molar refractivity (Wildman–Crippen MR) is 68.7 cm³/mol. The van der Waals surface area contributed by atoms with Gasteiger partial charge in [-0.2, -0.15) is 4.99 Å². The molecule has 0 aromatic heterocycles. The van der Waals surface area contributed by atoms with E-state index in [1.165, 1.54) is 19.3 Å². The van der Waals surface area contributed by atoms with Crippen LogP contribution in [0.3, 0.4) is 0 Å². The van der Waals surface area contributed by atoms with E-state index in [4.69, 9.17) is 4.74 Å². The van der Waals surface area contributed by atoms with Gasteiger partial charge in [-0.1, -0.05) is 25.5 Å². The van der Waals surface area contributed by atoms with Gasteiger partial charge < -0.3 is 4.74 Å². The molecule has 0 aliphatic heterocycles. The second-order valence-corrected chi connectivity index (χ2v) is 3.20. The average Bonchev–Trinajstić information content (AvgIpc) is 2.41. The summed E-state index contributed by atoms with van der Waals surface area (Å²) in [6.45, 7) is 2.69. The van der Waals surface area contributed by atoms with Crippen molar-refractivity contribution in [2.45, 2.75) is 19.8 Å². The molecule has 5 heteroatoms. The van der Waals surface area contributed by atoms with Crippen molar-refractivity contribution < 1.29 is 14.3 Å². The van der Waals surface area contributed by atoms with Crippen LogP contribution in [0.5, 0.6) is 5.75 Å². The number of unbranched alkanes of at least 4 members (excludes halogenated alkanes) is 1. The number of hydrogen-bond acceptors (Lipinski definition) is 5. The fraction of sp³-hybridized carbons (Fsp3) is 0.385. The number of aliphatic imine (C=N–C) groups is 2. The largest absolute Gasteiger partial charge is 0.494 e. The number of rotatable bonds is 5. The first-order valence-corrected chi connectivity index (χ1v) is 5.54. The molecule has 0 spiro atoms. The van der Waals surface area contributed by atoms with Crippen LogP contribution in [0.4, 0.5) is 5.69 Å². The number of isocyanates is 2. The number of ether oxygens (including phenoxy) is 1. The molecule has 0 aliphatic carbocycles. The van der Waals surface area contributed by atoms with Gasteiger partial charge >= 0.3 is 0 Å². The Kier molecular flexibility index (Phi) is 9.88. The molecule has 0 bridgehead atoms. The van der Waals surface area contributed by atoms with Crippen molar-refractivity contribution in [2.75, 3.05) is 13.7 Å². The Morgan fingerprint density at radius 3 is 2.50 bits per heavy atom. The lowest BCUT2D eigenvalue weighted by Gasteiger charge is -1.99. The van der Waals surface area contributed by atoms with E-state index in [1.807, 2.05) is 6.07 Å². The lowest BCUT2D eigenvalue weighted by Crippen LogP contribution is -1.81. The highest BCUT2D eigenvalue weighted by Gasteiger charge is 1.96. The summed E-state index contributed by atoms with van der Waals surface area (Å²) >= 11 is 0. The van der Waals surface area contributed by atoms with Gasteiger partial charge in [-0.3, -0.25) is 0 Å². The summed E-state index contributed by atoms with van der Waals surface area (Å²) in [6.07, 6.45) is 5.01. The van der Waals surface area contributed by atoms with Crippen LogP contribution in [-0.2, 0) is 9.59 Å². The van der Waals surface area contributed by atoms with E-state index in [2.05, 4.69) is 16.9 Å². The highest BCUT2D eigenvalue weighted by Crippen LogP contribution is 2.25. The summed E-state index contributed by atoms with van der Waals surface area (Å²) in [4.78, 5) is 26.1. The standard InChI is InChI=1S/C8H7NO2.C5H9NO/c1-11-8-5-3-2-4-7(8)9-6-10;1-2-3-4-6-5-7/h2-5H,1H3;2-4H2,1H3. The van der Waals surface area contributed by atoms with Crippen LogP contribution in [-0.4, -0.2) is 25.8 Å². The summed E-state index contributed by atoms with van der Waals surface area (Å²) in [7, 11) is 1.53. The van der Waals surface area contributed by atoms with E-state index in [0.29, 0.717) is 18.0 Å². The van der Waals surface area contributed by atoms with Gasteiger partial charge in [0.1, 0.15) is 11.4 Å². The van der Waals surface area contributed by atoms with Gasteiger partial charge in [-0.05, 0) is 18.6 Å². The molecule has 0 unspecified atom stereocenters. The molecule has 0 saturated carbocycles. The molecule has 1 rings (SSSR count). The van der Waals surface area contributed by atoms with Crippen molar-refractivity contribution in [1.29, 1.82) is 0 Å². The second-order valence-electron chi connectivity index (χ2n) is 3.20. The average molecular weight is 248 g/mol. The molecule has 5 nitrogen and oxygen atoms in total. The Morgan fingerprint density at radius 1 is 1.22 bits per heavy atom. The third-order valence-corrected chi connectivity index (χ3v) is 1.94. The van der Waals surface area contributed by atoms with Crippen molar-refractivity contribution in [3.05, 3.63) is 24.3 Å². The van der Waals surface area contributed by atoms with Crippen LogP contribution in [0.25, 0.3) is 0 Å². The number of para-hydroxylation sites is 2. The first-order valence-electron chi connectivity index (χ1n) is 5.54. The van der Waals surface area contributed by atoms with Crippen LogP contribution < -0.4 is 4.74 Å². The van der Waals surface area contributed by atoms with Gasteiger partial charge in [-0.15, -0.1) is 0 Å². The molecule has 18 heavy (non-hydrogen) atoms. The van der Waals surface area contributed by atoms with E-state index < -0.39 is 0 Å². The zero-order chi connectivity index (χ0) is 13.6. The van der Waals surface area contributed by atoms with Crippen molar-refractivity contribution in [3.8, 4) is 5.75 Å². The fourth-order valence-corrected chi connectivity index (χ4v) is 1.05. The third kappa shape index (κ3) is 7.12. The lowest BCUT2D eigenvalue weighted by molar-refractivity contribution is 0.416. The maximum Gasteiger partial charge on any atom is 0.240 e. The summed E-state index contributed by atoms with van der Waals surface area (Å²) in [6, 6.07) is 7.00. The van der Waals surface area contributed by atoms with Gasteiger partial charge in [-0.25, -0.2) is 14.6 Å². The molecule has 0 radical (unpaired) electrons. The van der Waals surface area contributed by atoms with E-state index in [1.54, 1.807) is 18.2 Å². The molecule has 96 valence electrons. The molecule has 1 aromatic carbocycles. The normalized spacial score (nSPS) is 8.11. The number of carbonyl (C=O) groups excluding carboxylic acids is 2. The molecule has 0 amide bonds. The van der Waals surface area contributed by atoms with Crippen LogP contribution in [0, 0.1) is 0 Å². The summed E-state index contributed by atoms with van der Waals surface area (Å²) in [5.41, 5.74) is 0.505. The minimum Gasteiger partial charge on any atom is -0.494 e.